The van der Waals surface area contributed by atoms with E-state index in [2.05, 4.69) is 25.9 Å². The zero-order valence-electron chi connectivity index (χ0n) is 17.3. The Labute approximate surface area is 186 Å². The van der Waals surface area contributed by atoms with E-state index in [4.69, 9.17) is 4.42 Å². The van der Waals surface area contributed by atoms with Crippen molar-refractivity contribution >= 4 is 29.1 Å². The highest BCUT2D eigenvalue weighted by molar-refractivity contribution is 6.00. The van der Waals surface area contributed by atoms with Crippen LogP contribution in [0.5, 0.6) is 0 Å². The SMILES string of the molecule is Cc1ccc(NC(=O)Nc2cccc(C(F)(F)F)c2)cc1Nc1ncc(-c2cccnc2)o1. The number of anilines is 4. The number of amides is 2. The maximum atomic E-state index is 12.9. The molecule has 0 aliphatic rings. The summed E-state index contributed by atoms with van der Waals surface area (Å²) >= 11 is 0. The van der Waals surface area contributed by atoms with Gasteiger partial charge in [0, 0.05) is 35.0 Å². The van der Waals surface area contributed by atoms with Crippen LogP contribution in [0.2, 0.25) is 0 Å². The summed E-state index contributed by atoms with van der Waals surface area (Å²) in [6.07, 6.45) is 0.384. The molecule has 33 heavy (non-hydrogen) atoms. The van der Waals surface area contributed by atoms with Gasteiger partial charge in [0.1, 0.15) is 0 Å². The van der Waals surface area contributed by atoms with Gasteiger partial charge in [0.25, 0.3) is 6.01 Å². The number of halogens is 3. The zero-order chi connectivity index (χ0) is 23.4. The summed E-state index contributed by atoms with van der Waals surface area (Å²) in [5.74, 6) is 0.540. The monoisotopic (exact) mass is 453 g/mol. The Morgan fingerprint density at radius 3 is 2.48 bits per heavy atom. The van der Waals surface area contributed by atoms with E-state index in [1.165, 1.54) is 12.1 Å². The summed E-state index contributed by atoms with van der Waals surface area (Å²) in [5, 5.41) is 8.06. The molecule has 0 aliphatic carbocycles. The van der Waals surface area contributed by atoms with E-state index in [9.17, 15) is 18.0 Å². The second kappa shape index (κ2) is 9.03. The van der Waals surface area contributed by atoms with Crippen LogP contribution in [-0.4, -0.2) is 16.0 Å². The molecule has 0 radical (unpaired) electrons. The van der Waals surface area contributed by atoms with Crippen LogP contribution in [0.25, 0.3) is 11.3 Å². The number of hydrogen-bond donors (Lipinski definition) is 3. The largest absolute Gasteiger partial charge is 0.423 e. The lowest BCUT2D eigenvalue weighted by molar-refractivity contribution is -0.137. The second-order valence-corrected chi connectivity index (χ2v) is 7.08. The van der Waals surface area contributed by atoms with Crippen molar-refractivity contribution in [2.45, 2.75) is 13.1 Å². The normalized spacial score (nSPS) is 11.2. The first-order chi connectivity index (χ1) is 15.8. The Morgan fingerprint density at radius 2 is 1.76 bits per heavy atom. The molecule has 168 valence electrons. The standard InChI is InChI=1S/C23H18F3N5O2/c1-14-7-8-18(30-21(32)29-17-6-2-5-16(10-17)23(24,25)26)11-19(14)31-22-28-13-20(33-22)15-4-3-9-27-12-15/h2-13H,1H3,(H,28,31)(H2,29,30,32). The lowest BCUT2D eigenvalue weighted by atomic mass is 10.2. The number of urea groups is 1. The molecule has 0 bridgehead atoms. The Bertz CT molecular complexity index is 1270. The molecular formula is C23H18F3N5O2. The van der Waals surface area contributed by atoms with E-state index < -0.39 is 17.8 Å². The van der Waals surface area contributed by atoms with Crippen molar-refractivity contribution in [1.82, 2.24) is 9.97 Å². The maximum absolute atomic E-state index is 12.9. The number of pyridine rings is 1. The molecule has 2 amide bonds. The third-order valence-electron chi connectivity index (χ3n) is 4.64. The minimum atomic E-state index is -4.50. The van der Waals surface area contributed by atoms with E-state index in [0.29, 0.717) is 17.1 Å². The van der Waals surface area contributed by atoms with Gasteiger partial charge < -0.3 is 20.4 Å². The Balaban J connectivity index is 1.44. The van der Waals surface area contributed by atoms with Gasteiger partial charge in [-0.3, -0.25) is 4.98 Å². The highest BCUT2D eigenvalue weighted by atomic mass is 19.4. The maximum Gasteiger partial charge on any atom is 0.416 e. The molecule has 4 aromatic rings. The number of hydrogen-bond acceptors (Lipinski definition) is 5. The minimum Gasteiger partial charge on any atom is -0.423 e. The second-order valence-electron chi connectivity index (χ2n) is 7.08. The Hall–Kier alpha value is -4.34. The van der Waals surface area contributed by atoms with Gasteiger partial charge in [0.05, 0.1) is 11.8 Å². The molecule has 2 aromatic carbocycles. The smallest absolute Gasteiger partial charge is 0.416 e. The van der Waals surface area contributed by atoms with Crippen molar-refractivity contribution in [1.29, 1.82) is 0 Å². The van der Waals surface area contributed by atoms with Gasteiger partial charge in [0.15, 0.2) is 5.76 Å². The molecule has 3 N–H and O–H groups in total. The van der Waals surface area contributed by atoms with E-state index in [1.54, 1.807) is 42.9 Å². The number of rotatable bonds is 5. The fraction of sp³-hybridized carbons (Fsp3) is 0.0870. The van der Waals surface area contributed by atoms with Gasteiger partial charge in [-0.15, -0.1) is 0 Å². The van der Waals surface area contributed by atoms with E-state index in [-0.39, 0.29) is 11.7 Å². The van der Waals surface area contributed by atoms with Crippen molar-refractivity contribution in [2.75, 3.05) is 16.0 Å². The van der Waals surface area contributed by atoms with Crippen LogP contribution in [0.1, 0.15) is 11.1 Å². The number of aryl methyl sites for hydroxylation is 1. The highest BCUT2D eigenvalue weighted by Crippen LogP contribution is 2.31. The predicted molar refractivity (Wildman–Crippen MR) is 118 cm³/mol. The first-order valence-electron chi connectivity index (χ1n) is 9.77. The highest BCUT2D eigenvalue weighted by Gasteiger charge is 2.30. The van der Waals surface area contributed by atoms with Gasteiger partial charge in [-0.25, -0.2) is 9.78 Å². The number of nitrogens with zero attached hydrogens (tertiary/aromatic N) is 2. The lowest BCUT2D eigenvalue weighted by Gasteiger charge is -2.12. The Kier molecular flexibility index (Phi) is 5.99. The fourth-order valence-corrected chi connectivity index (χ4v) is 2.99. The zero-order valence-corrected chi connectivity index (χ0v) is 17.3. The average Bonchev–Trinajstić information content (AvgIpc) is 3.25. The van der Waals surface area contributed by atoms with Crippen LogP contribution in [0.15, 0.2) is 77.6 Å². The molecule has 0 spiro atoms. The van der Waals surface area contributed by atoms with Gasteiger partial charge in [0.2, 0.25) is 0 Å². The van der Waals surface area contributed by atoms with Crippen LogP contribution < -0.4 is 16.0 Å². The van der Waals surface area contributed by atoms with Crippen molar-refractivity contribution in [3.63, 3.8) is 0 Å². The minimum absolute atomic E-state index is 0.0236. The summed E-state index contributed by atoms with van der Waals surface area (Å²) in [7, 11) is 0. The number of oxazole rings is 1. The topological polar surface area (TPSA) is 92.1 Å². The van der Waals surface area contributed by atoms with Crippen molar-refractivity contribution in [2.24, 2.45) is 0 Å². The van der Waals surface area contributed by atoms with Crippen LogP contribution >= 0.6 is 0 Å². The first-order valence-corrected chi connectivity index (χ1v) is 9.77. The number of carbonyl (C=O) groups is 1. The van der Waals surface area contributed by atoms with Gasteiger partial charge in [-0.05, 0) is 55.0 Å². The van der Waals surface area contributed by atoms with E-state index in [0.717, 1.165) is 23.3 Å². The summed E-state index contributed by atoms with van der Waals surface area (Å²) in [6.45, 7) is 1.86. The quantitative estimate of drug-likeness (QED) is 0.323. The molecule has 0 saturated carbocycles. The van der Waals surface area contributed by atoms with Crippen LogP contribution in [-0.2, 0) is 6.18 Å². The molecule has 0 saturated heterocycles. The number of alkyl halides is 3. The summed E-state index contributed by atoms with van der Waals surface area (Å²) < 4.78 is 44.3. The molecule has 2 aromatic heterocycles. The third-order valence-corrected chi connectivity index (χ3v) is 4.64. The average molecular weight is 453 g/mol. The number of aromatic nitrogens is 2. The number of nitrogens with one attached hydrogen (secondary N) is 3. The van der Waals surface area contributed by atoms with Gasteiger partial charge >= 0.3 is 12.2 Å². The summed E-state index contributed by atoms with van der Waals surface area (Å²) in [6, 6.07) is 12.7. The van der Waals surface area contributed by atoms with Gasteiger partial charge in [-0.2, -0.15) is 13.2 Å². The van der Waals surface area contributed by atoms with Crippen molar-refractivity contribution in [3.05, 3.63) is 84.3 Å². The number of carbonyl (C=O) groups excluding carboxylic acids is 1. The third kappa shape index (κ3) is 5.48. The van der Waals surface area contributed by atoms with Gasteiger partial charge in [-0.1, -0.05) is 12.1 Å². The predicted octanol–water partition coefficient (Wildman–Crippen LogP) is 6.45. The van der Waals surface area contributed by atoms with Crippen LogP contribution in [0.4, 0.5) is 41.0 Å². The fourth-order valence-electron chi connectivity index (χ4n) is 2.99. The first kappa shape index (κ1) is 21.9. The van der Waals surface area contributed by atoms with E-state index >= 15 is 0 Å². The van der Waals surface area contributed by atoms with Crippen molar-refractivity contribution in [3.8, 4) is 11.3 Å². The lowest BCUT2D eigenvalue weighted by Crippen LogP contribution is -2.20. The molecule has 2 heterocycles. The molecule has 0 fully saturated rings. The molecular weight excluding hydrogens is 435 g/mol. The van der Waals surface area contributed by atoms with Crippen LogP contribution in [0.3, 0.4) is 0 Å². The van der Waals surface area contributed by atoms with E-state index in [1.807, 2.05) is 13.0 Å². The molecule has 4 rings (SSSR count). The molecule has 0 unspecified atom stereocenters. The Morgan fingerprint density at radius 1 is 0.970 bits per heavy atom. The molecule has 10 heteroatoms. The summed E-state index contributed by atoms with van der Waals surface area (Å²) in [4.78, 5) is 20.5. The summed E-state index contributed by atoms with van der Waals surface area (Å²) in [5.41, 5.74) is 1.86. The van der Waals surface area contributed by atoms with Crippen LogP contribution in [0, 0.1) is 6.92 Å². The molecule has 7 nitrogen and oxygen atoms in total. The number of benzene rings is 2. The van der Waals surface area contributed by atoms with Crippen molar-refractivity contribution < 1.29 is 22.4 Å². The molecule has 0 atom stereocenters. The molecule has 0 aliphatic heterocycles.